The van der Waals surface area contributed by atoms with Crippen LogP contribution in [0.2, 0.25) is 0 Å². The van der Waals surface area contributed by atoms with Crippen molar-refractivity contribution in [3.63, 3.8) is 0 Å². The molecule has 0 radical (unpaired) electrons. The second-order valence-corrected chi connectivity index (χ2v) is 6.37. The van der Waals surface area contributed by atoms with Gasteiger partial charge in [0.05, 0.1) is 10.3 Å². The van der Waals surface area contributed by atoms with Gasteiger partial charge in [-0.2, -0.15) is 0 Å². The van der Waals surface area contributed by atoms with Gasteiger partial charge in [0, 0.05) is 15.5 Å². The first-order valence-corrected chi connectivity index (χ1v) is 7.11. The molecule has 0 bridgehead atoms. The first-order chi connectivity index (χ1) is 9.39. The average molecular weight is 286 g/mol. The molecule has 102 valence electrons. The molecule has 0 amide bonds. The first kappa shape index (κ1) is 13.1. The van der Waals surface area contributed by atoms with Crippen LogP contribution in [0, 0.1) is 0 Å². The second kappa shape index (κ2) is 4.30. The Morgan fingerprint density at radius 1 is 1.10 bits per heavy atom. The van der Waals surface area contributed by atoms with Crippen LogP contribution in [-0.2, 0) is 5.60 Å². The number of hydrogen-bond donors (Lipinski definition) is 2. The van der Waals surface area contributed by atoms with Crippen LogP contribution in [0.25, 0.3) is 20.2 Å². The quantitative estimate of drug-likeness (QED) is 0.674. The van der Waals surface area contributed by atoms with Crippen molar-refractivity contribution in [2.24, 2.45) is 0 Å². The van der Waals surface area contributed by atoms with Crippen molar-refractivity contribution >= 4 is 31.5 Å². The van der Waals surface area contributed by atoms with E-state index < -0.39 is 5.60 Å². The minimum atomic E-state index is -1.09. The third-order valence-electron chi connectivity index (χ3n) is 3.36. The van der Waals surface area contributed by atoms with E-state index in [0.717, 1.165) is 4.70 Å². The van der Waals surface area contributed by atoms with Crippen LogP contribution in [0.5, 0.6) is 5.75 Å². The summed E-state index contributed by atoms with van der Waals surface area (Å²) < 4.78 is 1.35. The Hall–Kier alpha value is -1.91. The molecule has 20 heavy (non-hydrogen) atoms. The fourth-order valence-corrected chi connectivity index (χ4v) is 3.53. The summed E-state index contributed by atoms with van der Waals surface area (Å²) in [6.07, 6.45) is 0. The molecule has 0 saturated carbocycles. The number of fused-ring (bicyclic) bond motifs is 2. The normalized spacial score (nSPS) is 12.2. The molecule has 0 spiro atoms. The van der Waals surface area contributed by atoms with E-state index in [-0.39, 0.29) is 11.2 Å². The van der Waals surface area contributed by atoms with E-state index in [1.165, 1.54) is 11.3 Å². The number of hydrogen-bond acceptors (Lipinski definition) is 4. The van der Waals surface area contributed by atoms with Crippen LogP contribution < -0.4 is 5.43 Å². The Labute approximate surface area is 119 Å². The van der Waals surface area contributed by atoms with Gasteiger partial charge in [-0.1, -0.05) is 18.2 Å². The lowest BCUT2D eigenvalue weighted by Crippen LogP contribution is -2.18. The van der Waals surface area contributed by atoms with Gasteiger partial charge in [0.15, 0.2) is 5.43 Å². The minimum absolute atomic E-state index is 0.111. The molecule has 0 unspecified atom stereocenters. The maximum atomic E-state index is 12.7. The van der Waals surface area contributed by atoms with Gasteiger partial charge in [0.2, 0.25) is 0 Å². The highest BCUT2D eigenvalue weighted by atomic mass is 32.1. The smallest absolute Gasteiger partial charge is 0.196 e. The molecule has 3 rings (SSSR count). The molecule has 0 fully saturated rings. The van der Waals surface area contributed by atoms with Crippen molar-refractivity contribution in [3.05, 3.63) is 52.2 Å². The van der Waals surface area contributed by atoms with Crippen LogP contribution in [0.3, 0.4) is 0 Å². The molecule has 2 N–H and O–H groups in total. The van der Waals surface area contributed by atoms with Gasteiger partial charge in [0.1, 0.15) is 5.75 Å². The van der Waals surface area contributed by atoms with Crippen LogP contribution in [-0.4, -0.2) is 10.2 Å². The predicted molar refractivity (Wildman–Crippen MR) is 82.5 cm³/mol. The van der Waals surface area contributed by atoms with Crippen molar-refractivity contribution in [1.82, 2.24) is 0 Å². The lowest BCUT2D eigenvalue weighted by molar-refractivity contribution is 0.0802. The Balaban J connectivity index is 2.59. The standard InChI is InChI=1S/C16H14O3S/c1-16(2,19)10-6-4-8-12-13(10)14(18)9-5-3-7-11(17)15(9)20-12/h3-8,17,19H,1-2H3. The van der Waals surface area contributed by atoms with Gasteiger partial charge in [0.25, 0.3) is 0 Å². The summed E-state index contributed by atoms with van der Waals surface area (Å²) >= 11 is 1.36. The van der Waals surface area contributed by atoms with Crippen LogP contribution in [0.15, 0.2) is 41.2 Å². The van der Waals surface area contributed by atoms with E-state index in [2.05, 4.69) is 0 Å². The van der Waals surface area contributed by atoms with Gasteiger partial charge in [-0.3, -0.25) is 4.79 Å². The lowest BCUT2D eigenvalue weighted by atomic mass is 9.94. The fraction of sp³-hybridized carbons (Fsp3) is 0.188. The predicted octanol–water partition coefficient (Wildman–Crippen LogP) is 3.35. The molecular formula is C16H14O3S. The molecular weight excluding hydrogens is 272 g/mol. The molecule has 2 aromatic carbocycles. The molecule has 1 aromatic heterocycles. The molecule has 0 atom stereocenters. The monoisotopic (exact) mass is 286 g/mol. The van der Waals surface area contributed by atoms with Gasteiger partial charge in [-0.05, 0) is 37.6 Å². The zero-order valence-corrected chi connectivity index (χ0v) is 12.0. The number of aliphatic hydroxyl groups is 1. The van der Waals surface area contributed by atoms with Gasteiger partial charge in [-0.15, -0.1) is 11.3 Å². The Kier molecular flexibility index (Phi) is 2.81. The third-order valence-corrected chi connectivity index (χ3v) is 4.56. The van der Waals surface area contributed by atoms with E-state index in [1.807, 2.05) is 12.1 Å². The molecule has 4 heteroatoms. The Morgan fingerprint density at radius 3 is 2.50 bits per heavy atom. The number of phenols is 1. The highest BCUT2D eigenvalue weighted by Crippen LogP contribution is 2.34. The highest BCUT2D eigenvalue weighted by molar-refractivity contribution is 7.24. The SMILES string of the molecule is CC(C)(O)c1cccc2sc3c(O)cccc3c(=O)c12. The molecule has 0 aliphatic carbocycles. The van der Waals surface area contributed by atoms with Crippen LogP contribution >= 0.6 is 11.3 Å². The van der Waals surface area contributed by atoms with Crippen molar-refractivity contribution in [1.29, 1.82) is 0 Å². The maximum Gasteiger partial charge on any atom is 0.196 e. The Bertz CT molecular complexity index is 872. The zero-order chi connectivity index (χ0) is 14.5. The van der Waals surface area contributed by atoms with Gasteiger partial charge >= 0.3 is 0 Å². The molecule has 0 aliphatic rings. The molecule has 0 saturated heterocycles. The van der Waals surface area contributed by atoms with Gasteiger partial charge in [-0.25, -0.2) is 0 Å². The molecule has 1 heterocycles. The van der Waals surface area contributed by atoms with Crippen molar-refractivity contribution in [3.8, 4) is 5.75 Å². The number of aromatic hydroxyl groups is 1. The Morgan fingerprint density at radius 2 is 1.80 bits per heavy atom. The first-order valence-electron chi connectivity index (χ1n) is 6.30. The summed E-state index contributed by atoms with van der Waals surface area (Å²) in [6, 6.07) is 10.4. The zero-order valence-electron chi connectivity index (χ0n) is 11.2. The summed E-state index contributed by atoms with van der Waals surface area (Å²) in [5.41, 5.74) is -0.625. The third kappa shape index (κ3) is 1.88. The fourth-order valence-electron chi connectivity index (χ4n) is 2.42. The van der Waals surface area contributed by atoms with E-state index in [1.54, 1.807) is 38.1 Å². The highest BCUT2D eigenvalue weighted by Gasteiger charge is 2.21. The summed E-state index contributed by atoms with van der Waals surface area (Å²) in [7, 11) is 0. The summed E-state index contributed by atoms with van der Waals surface area (Å²) in [6.45, 7) is 3.33. The molecule has 0 aliphatic heterocycles. The van der Waals surface area contributed by atoms with Crippen LogP contribution in [0.4, 0.5) is 0 Å². The van der Waals surface area contributed by atoms with E-state index in [9.17, 15) is 15.0 Å². The average Bonchev–Trinajstić information content (AvgIpc) is 2.39. The van der Waals surface area contributed by atoms with E-state index in [4.69, 9.17) is 0 Å². The molecule has 3 aromatic rings. The van der Waals surface area contributed by atoms with Crippen molar-refractivity contribution < 1.29 is 10.2 Å². The van der Waals surface area contributed by atoms with Crippen LogP contribution in [0.1, 0.15) is 19.4 Å². The topological polar surface area (TPSA) is 57.5 Å². The number of phenolic OH excluding ortho intramolecular Hbond substituents is 1. The van der Waals surface area contributed by atoms with Gasteiger partial charge < -0.3 is 10.2 Å². The maximum absolute atomic E-state index is 12.7. The summed E-state index contributed by atoms with van der Waals surface area (Å²) in [5.74, 6) is 0.111. The number of benzene rings is 2. The van der Waals surface area contributed by atoms with Crippen molar-refractivity contribution in [2.75, 3.05) is 0 Å². The van der Waals surface area contributed by atoms with E-state index >= 15 is 0 Å². The largest absolute Gasteiger partial charge is 0.506 e. The van der Waals surface area contributed by atoms with E-state index in [0.29, 0.717) is 21.0 Å². The summed E-state index contributed by atoms with van der Waals surface area (Å²) in [5, 5.41) is 21.2. The number of rotatable bonds is 1. The van der Waals surface area contributed by atoms with Crippen molar-refractivity contribution in [2.45, 2.75) is 19.4 Å². The lowest BCUT2D eigenvalue weighted by Gasteiger charge is -2.19. The second-order valence-electron chi connectivity index (χ2n) is 5.32. The summed E-state index contributed by atoms with van der Waals surface area (Å²) in [4.78, 5) is 12.7. The minimum Gasteiger partial charge on any atom is -0.506 e. The molecule has 3 nitrogen and oxygen atoms in total.